The molecule has 0 unspecified atom stereocenters. The molecule has 0 aliphatic heterocycles. The van der Waals surface area contributed by atoms with Crippen LogP contribution in [0.25, 0.3) is 0 Å². The first-order valence-electron chi connectivity index (χ1n) is 4.83. The molecule has 84 valence electrons. The van der Waals surface area contributed by atoms with E-state index in [-0.39, 0.29) is 5.54 Å². The van der Waals surface area contributed by atoms with Crippen molar-refractivity contribution in [3.05, 3.63) is 11.2 Å². The van der Waals surface area contributed by atoms with Gasteiger partial charge in [0.05, 0.1) is 0 Å². The van der Waals surface area contributed by atoms with Crippen molar-refractivity contribution in [1.29, 1.82) is 0 Å². The van der Waals surface area contributed by atoms with Gasteiger partial charge in [0.2, 0.25) is 0 Å². The van der Waals surface area contributed by atoms with Crippen LogP contribution in [0.2, 0.25) is 5.15 Å². The number of aromatic nitrogens is 2. The zero-order valence-corrected chi connectivity index (χ0v) is 11.0. The lowest BCUT2D eigenvalue weighted by atomic mass is 10.0. The molecule has 3 nitrogen and oxygen atoms in total. The predicted molar refractivity (Wildman–Crippen MR) is 66.8 cm³/mol. The second-order valence-corrected chi connectivity index (χ2v) is 5.09. The van der Waals surface area contributed by atoms with Gasteiger partial charge >= 0.3 is 0 Å². The van der Waals surface area contributed by atoms with Crippen LogP contribution in [0.3, 0.4) is 0 Å². The number of anilines is 1. The van der Waals surface area contributed by atoms with Crippen LogP contribution in [-0.4, -0.2) is 21.8 Å². The fourth-order valence-electron chi connectivity index (χ4n) is 0.987. The average Bonchev–Trinajstić information content (AvgIpc) is 2.16. The Kier molecular flexibility index (Phi) is 4.22. The third kappa shape index (κ3) is 3.87. The summed E-state index contributed by atoms with van der Waals surface area (Å²) in [5, 5.41) is 4.50. The van der Waals surface area contributed by atoms with Crippen molar-refractivity contribution in [2.75, 3.05) is 11.6 Å². The maximum Gasteiger partial charge on any atom is 0.190 e. The van der Waals surface area contributed by atoms with Gasteiger partial charge in [-0.3, -0.25) is 0 Å². The summed E-state index contributed by atoms with van der Waals surface area (Å²) in [4.78, 5) is 8.43. The summed E-state index contributed by atoms with van der Waals surface area (Å²) in [5.74, 6) is 0.784. The third-order valence-electron chi connectivity index (χ3n) is 2.21. The smallest absolute Gasteiger partial charge is 0.190 e. The summed E-state index contributed by atoms with van der Waals surface area (Å²) in [6.07, 6.45) is 2.95. The maximum atomic E-state index is 5.90. The number of thioether (sulfide) groups is 1. The van der Waals surface area contributed by atoms with E-state index in [0.717, 1.165) is 12.2 Å². The normalized spacial score (nSPS) is 11.5. The quantitative estimate of drug-likeness (QED) is 0.501. The van der Waals surface area contributed by atoms with Crippen LogP contribution in [-0.2, 0) is 0 Å². The van der Waals surface area contributed by atoms with Gasteiger partial charge in [-0.25, -0.2) is 9.97 Å². The van der Waals surface area contributed by atoms with Gasteiger partial charge in [-0.15, -0.1) is 0 Å². The number of nitrogens with one attached hydrogen (secondary N) is 1. The molecule has 0 radical (unpaired) electrons. The minimum Gasteiger partial charge on any atom is -0.365 e. The van der Waals surface area contributed by atoms with Crippen LogP contribution in [0.1, 0.15) is 27.2 Å². The van der Waals surface area contributed by atoms with Crippen molar-refractivity contribution in [2.45, 2.75) is 37.9 Å². The average molecular weight is 246 g/mol. The van der Waals surface area contributed by atoms with Crippen molar-refractivity contribution >= 4 is 29.2 Å². The molecular formula is C10H16ClN3S. The molecule has 5 heteroatoms. The van der Waals surface area contributed by atoms with Crippen LogP contribution >= 0.6 is 23.4 Å². The molecule has 0 amide bonds. The highest BCUT2D eigenvalue weighted by Crippen LogP contribution is 2.21. The summed E-state index contributed by atoms with van der Waals surface area (Å²) >= 11 is 7.38. The van der Waals surface area contributed by atoms with Gasteiger partial charge in [-0.2, -0.15) is 0 Å². The van der Waals surface area contributed by atoms with Gasteiger partial charge < -0.3 is 5.32 Å². The Morgan fingerprint density at radius 2 is 2.13 bits per heavy atom. The van der Waals surface area contributed by atoms with E-state index < -0.39 is 0 Å². The molecule has 15 heavy (non-hydrogen) atoms. The van der Waals surface area contributed by atoms with Crippen molar-refractivity contribution in [2.24, 2.45) is 0 Å². The Balaban J connectivity index is 2.90. The minimum absolute atomic E-state index is 0.0212. The second-order valence-electron chi connectivity index (χ2n) is 3.93. The molecule has 1 N–H and O–H groups in total. The molecule has 1 heterocycles. The molecule has 0 bridgehead atoms. The Labute approximate surface area is 100 Å². The van der Waals surface area contributed by atoms with E-state index in [1.165, 1.54) is 11.8 Å². The van der Waals surface area contributed by atoms with Gasteiger partial charge in [-0.05, 0) is 26.5 Å². The van der Waals surface area contributed by atoms with Crippen molar-refractivity contribution in [3.63, 3.8) is 0 Å². The lowest BCUT2D eigenvalue weighted by Gasteiger charge is -2.25. The maximum absolute atomic E-state index is 5.90. The van der Waals surface area contributed by atoms with E-state index in [4.69, 9.17) is 11.6 Å². The van der Waals surface area contributed by atoms with Crippen LogP contribution in [0, 0.1) is 0 Å². The molecule has 0 aliphatic rings. The van der Waals surface area contributed by atoms with Crippen LogP contribution in [0.4, 0.5) is 5.82 Å². The van der Waals surface area contributed by atoms with Gasteiger partial charge in [0, 0.05) is 11.6 Å². The lowest BCUT2D eigenvalue weighted by Crippen LogP contribution is -2.30. The fraction of sp³-hybridized carbons (Fsp3) is 0.600. The van der Waals surface area contributed by atoms with Crippen LogP contribution in [0.15, 0.2) is 11.2 Å². The van der Waals surface area contributed by atoms with Gasteiger partial charge in [0.25, 0.3) is 0 Å². The Bertz CT molecular complexity index is 341. The zero-order valence-electron chi connectivity index (χ0n) is 9.47. The van der Waals surface area contributed by atoms with Crippen LogP contribution in [0.5, 0.6) is 0 Å². The summed E-state index contributed by atoms with van der Waals surface area (Å²) in [6, 6.07) is 1.75. The summed E-state index contributed by atoms with van der Waals surface area (Å²) in [7, 11) is 0. The fourth-order valence-corrected chi connectivity index (χ4v) is 1.60. The summed E-state index contributed by atoms with van der Waals surface area (Å²) in [5.41, 5.74) is 0.0212. The molecule has 1 aromatic rings. The molecule has 1 rings (SSSR count). The van der Waals surface area contributed by atoms with Crippen molar-refractivity contribution in [3.8, 4) is 0 Å². The highest BCUT2D eigenvalue weighted by molar-refractivity contribution is 7.98. The Hall–Kier alpha value is -0.480. The van der Waals surface area contributed by atoms with E-state index in [1.54, 1.807) is 6.07 Å². The molecule has 0 spiro atoms. The number of nitrogens with zero attached hydrogens (tertiary/aromatic N) is 2. The third-order valence-corrected chi connectivity index (χ3v) is 2.95. The highest BCUT2D eigenvalue weighted by atomic mass is 35.5. The first kappa shape index (κ1) is 12.6. The first-order chi connectivity index (χ1) is 6.96. The lowest BCUT2D eigenvalue weighted by molar-refractivity contribution is 0.544. The second kappa shape index (κ2) is 5.03. The predicted octanol–water partition coefficient (Wildman–Crippen LogP) is 3.45. The van der Waals surface area contributed by atoms with Gasteiger partial charge in [0.15, 0.2) is 5.16 Å². The van der Waals surface area contributed by atoms with E-state index in [2.05, 4.69) is 36.1 Å². The van der Waals surface area contributed by atoms with Crippen molar-refractivity contribution < 1.29 is 0 Å². The van der Waals surface area contributed by atoms with Gasteiger partial charge in [-0.1, -0.05) is 30.3 Å². The number of rotatable bonds is 4. The summed E-state index contributed by atoms with van der Waals surface area (Å²) < 4.78 is 0. The standard InChI is InChI=1S/C10H16ClN3S/c1-5-10(2,3)14-8-6-7(11)12-9(13-8)15-4/h6H,5H2,1-4H3,(H,12,13,14). The summed E-state index contributed by atoms with van der Waals surface area (Å²) in [6.45, 7) is 6.38. The first-order valence-corrected chi connectivity index (χ1v) is 6.44. The molecule has 0 aliphatic carbocycles. The molecule has 0 aromatic carbocycles. The van der Waals surface area contributed by atoms with E-state index in [9.17, 15) is 0 Å². The number of halogens is 1. The molecule has 0 fully saturated rings. The molecule has 0 atom stereocenters. The number of hydrogen-bond donors (Lipinski definition) is 1. The minimum atomic E-state index is 0.0212. The SMILES string of the molecule is CCC(C)(C)Nc1cc(Cl)nc(SC)n1. The monoisotopic (exact) mass is 245 g/mol. The highest BCUT2D eigenvalue weighted by Gasteiger charge is 2.15. The largest absolute Gasteiger partial charge is 0.365 e. The van der Waals surface area contributed by atoms with E-state index >= 15 is 0 Å². The molecule has 1 aromatic heterocycles. The molecular weight excluding hydrogens is 230 g/mol. The zero-order chi connectivity index (χ0) is 11.5. The molecule has 0 saturated heterocycles. The topological polar surface area (TPSA) is 37.8 Å². The molecule has 0 saturated carbocycles. The van der Waals surface area contributed by atoms with E-state index in [0.29, 0.717) is 10.3 Å². The Morgan fingerprint density at radius 3 is 2.67 bits per heavy atom. The van der Waals surface area contributed by atoms with Gasteiger partial charge in [0.1, 0.15) is 11.0 Å². The van der Waals surface area contributed by atoms with Crippen LogP contribution < -0.4 is 5.32 Å². The Morgan fingerprint density at radius 1 is 1.47 bits per heavy atom. The van der Waals surface area contributed by atoms with Crippen molar-refractivity contribution in [1.82, 2.24) is 9.97 Å². The van der Waals surface area contributed by atoms with E-state index in [1.807, 2.05) is 6.26 Å². The number of hydrogen-bond acceptors (Lipinski definition) is 4.